The molecule has 3 nitrogen and oxygen atoms in total. The predicted octanol–water partition coefficient (Wildman–Crippen LogP) is 1.71. The lowest BCUT2D eigenvalue weighted by Gasteiger charge is -2.23. The van der Waals surface area contributed by atoms with Crippen LogP contribution in [0, 0.1) is 17.3 Å². The Labute approximate surface area is 97.8 Å². The minimum absolute atomic E-state index is 0.0626. The molecule has 0 rings (SSSR count). The van der Waals surface area contributed by atoms with Gasteiger partial charge in [0, 0.05) is 6.54 Å². The number of amides is 1. The van der Waals surface area contributed by atoms with Crippen LogP contribution in [0.3, 0.4) is 0 Å². The molecule has 0 saturated heterocycles. The van der Waals surface area contributed by atoms with E-state index in [1.807, 2.05) is 13.8 Å². The summed E-state index contributed by atoms with van der Waals surface area (Å²) in [7, 11) is 0. The molecule has 0 spiro atoms. The highest BCUT2D eigenvalue weighted by Crippen LogP contribution is 2.14. The summed E-state index contributed by atoms with van der Waals surface area (Å²) in [6.07, 6.45) is 0. The van der Waals surface area contributed by atoms with Gasteiger partial charge in [0.05, 0.1) is 10.9 Å². The van der Waals surface area contributed by atoms with Crippen molar-refractivity contribution in [3.05, 3.63) is 0 Å². The third-order valence-corrected chi connectivity index (χ3v) is 2.30. The van der Waals surface area contributed by atoms with E-state index in [1.165, 1.54) is 0 Å². The third-order valence-electron chi connectivity index (χ3n) is 2.05. The lowest BCUT2D eigenvalue weighted by Crippen LogP contribution is -2.43. The van der Waals surface area contributed by atoms with Crippen LogP contribution in [0.5, 0.6) is 0 Å². The lowest BCUT2D eigenvalue weighted by atomic mass is 9.93. The second-order valence-electron chi connectivity index (χ2n) is 5.40. The summed E-state index contributed by atoms with van der Waals surface area (Å²) in [5.41, 5.74) is 5.63. The molecule has 0 aliphatic rings. The molecule has 0 aliphatic carbocycles. The smallest absolute Gasteiger partial charge is 0.230 e. The second-order valence-corrected chi connectivity index (χ2v) is 5.87. The van der Waals surface area contributed by atoms with Crippen LogP contribution < -0.4 is 11.1 Å². The van der Waals surface area contributed by atoms with Gasteiger partial charge in [-0.2, -0.15) is 0 Å². The average Bonchev–Trinajstić information content (AvgIpc) is 1.97. The summed E-state index contributed by atoms with van der Waals surface area (Å²) in [6, 6.07) is 0. The van der Waals surface area contributed by atoms with Crippen LogP contribution in [0.4, 0.5) is 0 Å². The van der Waals surface area contributed by atoms with E-state index in [-0.39, 0.29) is 28.1 Å². The van der Waals surface area contributed by atoms with Crippen LogP contribution in [0.15, 0.2) is 0 Å². The number of hydrogen-bond acceptors (Lipinski definition) is 2. The van der Waals surface area contributed by atoms with Gasteiger partial charge in [-0.1, -0.05) is 46.8 Å². The molecular weight excluding hydrogens is 208 g/mol. The minimum atomic E-state index is -0.359. The zero-order chi connectivity index (χ0) is 12.2. The molecule has 1 atom stereocenters. The summed E-state index contributed by atoms with van der Waals surface area (Å²) in [4.78, 5) is 12.1. The maximum atomic E-state index is 11.8. The predicted molar refractivity (Wildman–Crippen MR) is 67.6 cm³/mol. The summed E-state index contributed by atoms with van der Waals surface area (Å²) in [5, 5.41) is 2.88. The normalized spacial score (nSPS) is 13.7. The maximum Gasteiger partial charge on any atom is 0.230 e. The fraction of sp³-hybridized carbons (Fsp3) is 0.818. The van der Waals surface area contributed by atoms with Gasteiger partial charge in [-0.15, -0.1) is 0 Å². The molecule has 88 valence electrons. The molecule has 15 heavy (non-hydrogen) atoms. The summed E-state index contributed by atoms with van der Waals surface area (Å²) in [6.45, 7) is 10.7. The van der Waals surface area contributed by atoms with Crippen molar-refractivity contribution in [3.63, 3.8) is 0 Å². The molecule has 0 fully saturated rings. The van der Waals surface area contributed by atoms with Crippen LogP contribution in [0.2, 0.25) is 0 Å². The van der Waals surface area contributed by atoms with Crippen molar-refractivity contribution >= 4 is 23.1 Å². The van der Waals surface area contributed by atoms with Gasteiger partial charge in [-0.25, -0.2) is 0 Å². The fourth-order valence-electron chi connectivity index (χ4n) is 1.22. The molecule has 0 aromatic rings. The van der Waals surface area contributed by atoms with Gasteiger partial charge in [0.1, 0.15) is 0 Å². The number of nitrogens with one attached hydrogen (secondary N) is 1. The first kappa shape index (κ1) is 14.4. The Hall–Kier alpha value is -0.640. The summed E-state index contributed by atoms with van der Waals surface area (Å²) < 4.78 is 0. The van der Waals surface area contributed by atoms with E-state index in [4.69, 9.17) is 18.0 Å². The SMILES string of the molecule is CC(C)C(C(=O)NCC(C)(C)C)C(N)=S. The van der Waals surface area contributed by atoms with Gasteiger partial charge in [0.15, 0.2) is 0 Å². The molecular formula is C11H22N2OS. The Morgan fingerprint density at radius 3 is 2.13 bits per heavy atom. The lowest BCUT2D eigenvalue weighted by molar-refractivity contribution is -0.124. The fourth-order valence-corrected chi connectivity index (χ4v) is 1.60. The number of hydrogen-bond donors (Lipinski definition) is 2. The van der Waals surface area contributed by atoms with Crippen molar-refractivity contribution in [1.29, 1.82) is 0 Å². The number of carbonyl (C=O) groups is 1. The monoisotopic (exact) mass is 230 g/mol. The Morgan fingerprint density at radius 1 is 1.40 bits per heavy atom. The van der Waals surface area contributed by atoms with E-state index in [2.05, 4.69) is 26.1 Å². The Morgan fingerprint density at radius 2 is 1.87 bits per heavy atom. The minimum Gasteiger partial charge on any atom is -0.393 e. The number of nitrogens with two attached hydrogens (primary N) is 1. The zero-order valence-corrected chi connectivity index (χ0v) is 11.1. The highest BCUT2D eigenvalue weighted by atomic mass is 32.1. The first-order valence-corrected chi connectivity index (χ1v) is 5.63. The molecule has 0 radical (unpaired) electrons. The van der Waals surface area contributed by atoms with Crippen molar-refractivity contribution in [3.8, 4) is 0 Å². The van der Waals surface area contributed by atoms with Crippen molar-refractivity contribution in [2.24, 2.45) is 23.0 Å². The highest BCUT2D eigenvalue weighted by molar-refractivity contribution is 7.80. The van der Waals surface area contributed by atoms with Gasteiger partial charge in [0.2, 0.25) is 5.91 Å². The molecule has 1 unspecified atom stereocenters. The van der Waals surface area contributed by atoms with Crippen molar-refractivity contribution in [2.75, 3.05) is 6.54 Å². The molecule has 4 heteroatoms. The van der Waals surface area contributed by atoms with Gasteiger partial charge < -0.3 is 11.1 Å². The molecule has 0 aromatic carbocycles. The Kier molecular flexibility index (Phi) is 5.21. The molecule has 0 aliphatic heterocycles. The standard InChI is InChI=1S/C11H22N2OS/c1-7(2)8(9(12)15)10(14)13-6-11(3,4)5/h7-8H,6H2,1-5H3,(H2,12,15)(H,13,14). The van der Waals surface area contributed by atoms with Gasteiger partial charge in [-0.05, 0) is 11.3 Å². The van der Waals surface area contributed by atoms with Crippen LogP contribution in [0.1, 0.15) is 34.6 Å². The number of rotatable bonds is 4. The van der Waals surface area contributed by atoms with E-state index in [1.54, 1.807) is 0 Å². The molecule has 0 heterocycles. The first-order chi connectivity index (χ1) is 6.65. The Balaban J connectivity index is 4.35. The van der Waals surface area contributed by atoms with Gasteiger partial charge >= 0.3 is 0 Å². The van der Waals surface area contributed by atoms with E-state index in [0.717, 1.165) is 0 Å². The van der Waals surface area contributed by atoms with Gasteiger partial charge in [0.25, 0.3) is 0 Å². The van der Waals surface area contributed by atoms with E-state index in [0.29, 0.717) is 6.54 Å². The number of thiocarbonyl (C=S) groups is 1. The summed E-state index contributed by atoms with van der Waals surface area (Å²) in [5.74, 6) is -0.280. The van der Waals surface area contributed by atoms with Crippen LogP contribution >= 0.6 is 12.2 Å². The second kappa shape index (κ2) is 5.45. The first-order valence-electron chi connectivity index (χ1n) is 5.22. The Bertz CT molecular complexity index is 243. The molecule has 1 amide bonds. The largest absolute Gasteiger partial charge is 0.393 e. The van der Waals surface area contributed by atoms with Crippen LogP contribution in [0.25, 0.3) is 0 Å². The van der Waals surface area contributed by atoms with Gasteiger partial charge in [-0.3, -0.25) is 4.79 Å². The highest BCUT2D eigenvalue weighted by Gasteiger charge is 2.25. The number of carbonyl (C=O) groups excluding carboxylic acids is 1. The quantitative estimate of drug-likeness (QED) is 0.723. The van der Waals surface area contributed by atoms with Crippen LogP contribution in [-0.4, -0.2) is 17.4 Å². The molecule has 0 bridgehead atoms. The molecule has 3 N–H and O–H groups in total. The maximum absolute atomic E-state index is 11.8. The average molecular weight is 230 g/mol. The van der Waals surface area contributed by atoms with Crippen molar-refractivity contribution in [1.82, 2.24) is 5.32 Å². The molecule has 0 aromatic heterocycles. The van der Waals surface area contributed by atoms with Crippen molar-refractivity contribution in [2.45, 2.75) is 34.6 Å². The summed E-state index contributed by atoms with van der Waals surface area (Å²) >= 11 is 4.89. The third kappa shape index (κ3) is 5.72. The van der Waals surface area contributed by atoms with E-state index in [9.17, 15) is 4.79 Å². The zero-order valence-electron chi connectivity index (χ0n) is 10.3. The molecule has 0 saturated carbocycles. The van der Waals surface area contributed by atoms with Crippen LogP contribution in [-0.2, 0) is 4.79 Å². The van der Waals surface area contributed by atoms with E-state index < -0.39 is 0 Å². The van der Waals surface area contributed by atoms with E-state index >= 15 is 0 Å². The topological polar surface area (TPSA) is 55.1 Å². The van der Waals surface area contributed by atoms with Crippen molar-refractivity contribution < 1.29 is 4.79 Å².